The van der Waals surface area contributed by atoms with E-state index >= 15 is 0 Å². The molecule has 2 aliphatic heterocycles. The molecule has 2 bridgehead atoms. The van der Waals surface area contributed by atoms with E-state index in [4.69, 9.17) is 0 Å². The summed E-state index contributed by atoms with van der Waals surface area (Å²) in [5.74, 6) is 0. The van der Waals surface area contributed by atoms with Gasteiger partial charge in [0, 0.05) is 12.8 Å². The average Bonchev–Trinajstić information content (AvgIpc) is 2.12. The summed E-state index contributed by atoms with van der Waals surface area (Å²) in [6.07, 6.45) is 7.51. The van der Waals surface area contributed by atoms with E-state index in [1.807, 2.05) is 0 Å². The van der Waals surface area contributed by atoms with Gasteiger partial charge in [0.25, 0.3) is 0 Å². The van der Waals surface area contributed by atoms with E-state index in [-0.39, 0.29) is 12.4 Å². The van der Waals surface area contributed by atoms with Crippen molar-refractivity contribution >= 4 is 0 Å². The van der Waals surface area contributed by atoms with Crippen molar-refractivity contribution in [2.75, 3.05) is 0 Å². The molecule has 0 aliphatic carbocycles. The van der Waals surface area contributed by atoms with Gasteiger partial charge in [0.2, 0.25) is 0 Å². The van der Waals surface area contributed by atoms with Crippen molar-refractivity contribution in [3.63, 3.8) is 0 Å². The van der Waals surface area contributed by atoms with Crippen LogP contribution < -0.4 is 17.7 Å². The SMILES string of the molecule is C1CC2CCC(C1)[NH2+]2.[Cl-]. The monoisotopic (exact) mass is 147 g/mol. The van der Waals surface area contributed by atoms with Gasteiger partial charge in [-0.2, -0.15) is 0 Å². The molecule has 0 amide bonds. The van der Waals surface area contributed by atoms with Crippen molar-refractivity contribution in [2.24, 2.45) is 0 Å². The number of hydrogen-bond acceptors (Lipinski definition) is 0. The van der Waals surface area contributed by atoms with Crippen LogP contribution in [0.5, 0.6) is 0 Å². The minimum absolute atomic E-state index is 0. The van der Waals surface area contributed by atoms with Crippen molar-refractivity contribution in [1.82, 2.24) is 0 Å². The number of nitrogens with two attached hydrogens (primary N) is 1. The van der Waals surface area contributed by atoms with Gasteiger partial charge in [-0.1, -0.05) is 0 Å². The maximum Gasteiger partial charge on any atom is 0.0863 e. The van der Waals surface area contributed by atoms with Crippen molar-refractivity contribution in [3.8, 4) is 0 Å². The zero-order valence-corrected chi connectivity index (χ0v) is 6.40. The molecule has 0 aromatic heterocycles. The molecule has 1 nitrogen and oxygen atoms in total. The lowest BCUT2D eigenvalue weighted by molar-refractivity contribution is -0.709. The first-order valence-electron chi connectivity index (χ1n) is 3.80. The molecule has 2 N–H and O–H groups in total. The van der Waals surface area contributed by atoms with Crippen LogP contribution in [-0.4, -0.2) is 12.1 Å². The molecule has 2 heteroatoms. The van der Waals surface area contributed by atoms with E-state index in [1.54, 1.807) is 0 Å². The molecule has 54 valence electrons. The van der Waals surface area contributed by atoms with Gasteiger partial charge in [-0.15, -0.1) is 0 Å². The van der Waals surface area contributed by atoms with Gasteiger partial charge >= 0.3 is 0 Å². The van der Waals surface area contributed by atoms with Gasteiger partial charge in [0.15, 0.2) is 0 Å². The van der Waals surface area contributed by atoms with Gasteiger partial charge in [-0.05, 0) is 19.3 Å². The normalized spacial score (nSPS) is 40.0. The molecule has 2 aliphatic rings. The molecule has 2 saturated heterocycles. The van der Waals surface area contributed by atoms with Gasteiger partial charge in [-0.25, -0.2) is 0 Å². The van der Waals surface area contributed by atoms with Gasteiger partial charge in [0.1, 0.15) is 0 Å². The second-order valence-corrected chi connectivity index (χ2v) is 3.22. The van der Waals surface area contributed by atoms with Crippen LogP contribution in [0.25, 0.3) is 0 Å². The Morgan fingerprint density at radius 2 is 1.44 bits per heavy atom. The van der Waals surface area contributed by atoms with Gasteiger partial charge in [-0.3, -0.25) is 0 Å². The average molecular weight is 148 g/mol. The highest BCUT2D eigenvalue weighted by Gasteiger charge is 2.31. The topological polar surface area (TPSA) is 16.6 Å². The minimum Gasteiger partial charge on any atom is -1.00 e. The van der Waals surface area contributed by atoms with E-state index in [2.05, 4.69) is 5.32 Å². The molecule has 0 saturated carbocycles. The molecule has 2 unspecified atom stereocenters. The summed E-state index contributed by atoms with van der Waals surface area (Å²) in [7, 11) is 0. The van der Waals surface area contributed by atoms with E-state index in [0.29, 0.717) is 0 Å². The van der Waals surface area contributed by atoms with Crippen LogP contribution in [0.1, 0.15) is 32.1 Å². The molecule has 0 aromatic carbocycles. The molecule has 2 fully saturated rings. The van der Waals surface area contributed by atoms with Crippen molar-refractivity contribution in [2.45, 2.75) is 44.2 Å². The van der Waals surface area contributed by atoms with E-state index < -0.39 is 0 Å². The van der Waals surface area contributed by atoms with Gasteiger partial charge < -0.3 is 17.7 Å². The number of fused-ring (bicyclic) bond motifs is 2. The fraction of sp³-hybridized carbons (Fsp3) is 1.00. The van der Waals surface area contributed by atoms with E-state index in [9.17, 15) is 0 Å². The molecule has 0 aromatic rings. The van der Waals surface area contributed by atoms with Crippen LogP contribution in [-0.2, 0) is 0 Å². The van der Waals surface area contributed by atoms with Crippen LogP contribution in [0.3, 0.4) is 0 Å². The van der Waals surface area contributed by atoms with E-state index in [0.717, 1.165) is 12.1 Å². The lowest BCUT2D eigenvalue weighted by atomic mass is 10.1. The van der Waals surface area contributed by atoms with Crippen LogP contribution in [0.4, 0.5) is 0 Å². The number of piperidine rings is 1. The quantitative estimate of drug-likeness (QED) is 0.383. The smallest absolute Gasteiger partial charge is 0.0863 e. The summed E-state index contributed by atoms with van der Waals surface area (Å²) in [6, 6.07) is 2.07. The Hall–Kier alpha value is 0.250. The fourth-order valence-corrected chi connectivity index (χ4v) is 2.13. The van der Waals surface area contributed by atoms with E-state index in [1.165, 1.54) is 32.1 Å². The Morgan fingerprint density at radius 1 is 0.889 bits per heavy atom. The van der Waals surface area contributed by atoms with Crippen LogP contribution >= 0.6 is 0 Å². The summed E-state index contributed by atoms with van der Waals surface area (Å²) in [6.45, 7) is 0. The molecule has 9 heavy (non-hydrogen) atoms. The van der Waals surface area contributed by atoms with Crippen molar-refractivity contribution in [3.05, 3.63) is 0 Å². The first-order chi connectivity index (χ1) is 3.95. The van der Waals surface area contributed by atoms with Gasteiger partial charge in [0.05, 0.1) is 12.1 Å². The zero-order valence-electron chi connectivity index (χ0n) is 5.65. The predicted molar refractivity (Wildman–Crippen MR) is 32.6 cm³/mol. The standard InChI is InChI=1S/C7H13N.ClH/c1-2-6-4-5-7(3-1)8-6;/h6-8H,1-5H2;1H. The Balaban J connectivity index is 0.000000405. The molecular formula is C7H14ClN. The Kier molecular flexibility index (Phi) is 2.36. The van der Waals surface area contributed by atoms with Crippen molar-refractivity contribution < 1.29 is 17.7 Å². The maximum atomic E-state index is 2.59. The lowest BCUT2D eigenvalue weighted by Crippen LogP contribution is -3.00. The summed E-state index contributed by atoms with van der Waals surface area (Å²) in [5, 5.41) is 2.59. The third kappa shape index (κ3) is 1.39. The third-order valence-electron chi connectivity index (χ3n) is 2.60. The maximum absolute atomic E-state index is 2.59. The minimum atomic E-state index is 0. The highest BCUT2D eigenvalue weighted by molar-refractivity contribution is 4.73. The second kappa shape index (κ2) is 2.89. The first kappa shape index (κ1) is 7.36. The summed E-state index contributed by atoms with van der Waals surface area (Å²) in [5.41, 5.74) is 0. The number of hydrogen-bond donors (Lipinski definition) is 1. The Labute approximate surface area is 62.6 Å². The molecule has 2 heterocycles. The first-order valence-corrected chi connectivity index (χ1v) is 3.80. The van der Waals surface area contributed by atoms with Crippen molar-refractivity contribution in [1.29, 1.82) is 0 Å². The second-order valence-electron chi connectivity index (χ2n) is 3.22. The molecule has 0 radical (unpaired) electrons. The van der Waals surface area contributed by atoms with Crippen LogP contribution in [0.15, 0.2) is 0 Å². The number of halogens is 1. The third-order valence-corrected chi connectivity index (χ3v) is 2.60. The largest absolute Gasteiger partial charge is 1.00 e. The summed E-state index contributed by atoms with van der Waals surface area (Å²) in [4.78, 5) is 0. The molecule has 2 atom stereocenters. The molecule has 0 spiro atoms. The van der Waals surface area contributed by atoms with Crippen LogP contribution in [0, 0.1) is 0 Å². The molecule has 2 rings (SSSR count). The highest BCUT2D eigenvalue weighted by Crippen LogP contribution is 2.19. The lowest BCUT2D eigenvalue weighted by Gasteiger charge is -2.16. The Morgan fingerprint density at radius 3 is 1.89 bits per heavy atom. The summed E-state index contributed by atoms with van der Waals surface area (Å²) < 4.78 is 0. The zero-order chi connectivity index (χ0) is 5.40. The molecular weight excluding hydrogens is 134 g/mol. The highest BCUT2D eigenvalue weighted by atomic mass is 35.5. The Bertz CT molecular complexity index is 80.9. The predicted octanol–water partition coefficient (Wildman–Crippen LogP) is -2.73. The fourth-order valence-electron chi connectivity index (χ4n) is 2.13. The van der Waals surface area contributed by atoms with Crippen LogP contribution in [0.2, 0.25) is 0 Å². The number of quaternary nitrogens is 1. The number of rotatable bonds is 0. The summed E-state index contributed by atoms with van der Waals surface area (Å²) >= 11 is 0.